The molecule has 0 saturated heterocycles. The van der Waals surface area contributed by atoms with E-state index in [2.05, 4.69) is 10.3 Å². The molecular weight excluding hydrogens is 340 g/mol. The maximum atomic E-state index is 12.4. The number of rotatable bonds is 5. The zero-order valence-electron chi connectivity index (χ0n) is 14.0. The lowest BCUT2D eigenvalue weighted by Gasteiger charge is -2.03. The second kappa shape index (κ2) is 6.90. The van der Waals surface area contributed by atoms with E-state index in [4.69, 9.17) is 9.47 Å². The summed E-state index contributed by atoms with van der Waals surface area (Å²) in [6, 6.07) is 10.0. The lowest BCUT2D eigenvalue weighted by atomic mass is 10.1. The number of fused-ring (bicyclic) bond motifs is 1. The van der Waals surface area contributed by atoms with Gasteiger partial charge in [-0.15, -0.1) is 0 Å². The van der Waals surface area contributed by atoms with E-state index in [1.54, 1.807) is 50.6 Å². The third-order valence-electron chi connectivity index (χ3n) is 3.68. The molecule has 128 valence electrons. The Hall–Kier alpha value is -2.93. The second-order valence-corrected chi connectivity index (χ2v) is 6.25. The van der Waals surface area contributed by atoms with Gasteiger partial charge in [-0.2, -0.15) is 0 Å². The minimum Gasteiger partial charge on any atom is -0.495 e. The monoisotopic (exact) mass is 356 g/mol. The minimum absolute atomic E-state index is 0.0441. The van der Waals surface area contributed by atoms with Crippen molar-refractivity contribution in [2.45, 2.75) is 6.92 Å². The van der Waals surface area contributed by atoms with Gasteiger partial charge in [0.1, 0.15) is 21.7 Å². The lowest BCUT2D eigenvalue weighted by Crippen LogP contribution is -2.11. The maximum absolute atomic E-state index is 12.4. The van der Waals surface area contributed by atoms with E-state index < -0.39 is 0 Å². The van der Waals surface area contributed by atoms with Crippen LogP contribution in [0.1, 0.15) is 27.6 Å². The number of ether oxygens (including phenoxy) is 2. The molecule has 0 aliphatic heterocycles. The van der Waals surface area contributed by atoms with Crippen LogP contribution in [-0.4, -0.2) is 30.9 Å². The van der Waals surface area contributed by atoms with Crippen molar-refractivity contribution in [1.82, 2.24) is 4.98 Å². The third kappa shape index (κ3) is 3.32. The van der Waals surface area contributed by atoms with Crippen LogP contribution in [0.15, 0.2) is 36.4 Å². The summed E-state index contributed by atoms with van der Waals surface area (Å²) in [4.78, 5) is 28.1. The van der Waals surface area contributed by atoms with E-state index in [1.807, 2.05) is 0 Å². The first-order valence-corrected chi connectivity index (χ1v) is 8.29. The highest BCUT2D eigenvalue weighted by Crippen LogP contribution is 2.38. The van der Waals surface area contributed by atoms with Crippen molar-refractivity contribution in [3.63, 3.8) is 0 Å². The molecule has 25 heavy (non-hydrogen) atoms. The Kier molecular flexibility index (Phi) is 4.67. The number of carbonyl (C=O) groups is 2. The van der Waals surface area contributed by atoms with Crippen LogP contribution in [0.2, 0.25) is 0 Å². The van der Waals surface area contributed by atoms with Gasteiger partial charge in [-0.1, -0.05) is 23.5 Å². The molecule has 1 N–H and O–H groups in total. The van der Waals surface area contributed by atoms with Crippen LogP contribution in [0.5, 0.6) is 11.5 Å². The molecule has 6 nitrogen and oxygen atoms in total. The Bertz CT molecular complexity index is 907. The molecule has 0 fully saturated rings. The van der Waals surface area contributed by atoms with Crippen LogP contribution >= 0.6 is 11.3 Å². The van der Waals surface area contributed by atoms with Gasteiger partial charge in [0.05, 0.1) is 14.2 Å². The van der Waals surface area contributed by atoms with Crippen LogP contribution in [0.3, 0.4) is 0 Å². The number of benzene rings is 2. The molecule has 0 unspecified atom stereocenters. The van der Waals surface area contributed by atoms with Crippen LogP contribution in [0.4, 0.5) is 5.13 Å². The van der Waals surface area contributed by atoms with Crippen LogP contribution in [0.25, 0.3) is 10.2 Å². The molecule has 3 aromatic rings. The first-order valence-electron chi connectivity index (χ1n) is 7.47. The van der Waals surface area contributed by atoms with Crippen molar-refractivity contribution in [3.8, 4) is 11.5 Å². The summed E-state index contributed by atoms with van der Waals surface area (Å²) in [7, 11) is 3.14. The van der Waals surface area contributed by atoms with Gasteiger partial charge in [0.2, 0.25) is 0 Å². The summed E-state index contributed by atoms with van der Waals surface area (Å²) in [6.45, 7) is 1.48. The minimum atomic E-state index is -0.299. The quantitative estimate of drug-likeness (QED) is 0.704. The third-order valence-corrected chi connectivity index (χ3v) is 4.67. The molecule has 0 atom stereocenters. The molecule has 0 saturated carbocycles. The zero-order chi connectivity index (χ0) is 18.0. The van der Waals surface area contributed by atoms with Gasteiger partial charge >= 0.3 is 0 Å². The van der Waals surface area contributed by atoms with Crippen molar-refractivity contribution in [2.75, 3.05) is 19.5 Å². The number of anilines is 1. The van der Waals surface area contributed by atoms with Gasteiger partial charge < -0.3 is 9.47 Å². The van der Waals surface area contributed by atoms with Gasteiger partial charge in [0, 0.05) is 11.1 Å². The average Bonchev–Trinajstić information content (AvgIpc) is 3.04. The van der Waals surface area contributed by atoms with Gasteiger partial charge in [0.15, 0.2) is 10.9 Å². The molecule has 7 heteroatoms. The number of amides is 1. The first-order chi connectivity index (χ1) is 12.0. The van der Waals surface area contributed by atoms with Gasteiger partial charge in [-0.3, -0.25) is 14.9 Å². The molecule has 1 heterocycles. The summed E-state index contributed by atoms with van der Waals surface area (Å²) in [5.41, 5.74) is 1.64. The average molecular weight is 356 g/mol. The Morgan fingerprint density at radius 2 is 1.56 bits per heavy atom. The summed E-state index contributed by atoms with van der Waals surface area (Å²) in [6.07, 6.45) is 0. The number of hydrogen-bond donors (Lipinski definition) is 1. The van der Waals surface area contributed by atoms with Crippen molar-refractivity contribution >= 4 is 38.4 Å². The standard InChI is InChI=1S/C18H16N2O4S/c1-10(21)11-4-6-12(7-5-11)17(22)20-18-19-15-13(23-2)8-9-14(24-3)16(15)25-18/h4-9H,1-3H3,(H,19,20,22). The number of hydrogen-bond acceptors (Lipinski definition) is 6. The first kappa shape index (κ1) is 16.9. The van der Waals surface area contributed by atoms with E-state index in [0.29, 0.717) is 33.3 Å². The molecular formula is C18H16N2O4S. The van der Waals surface area contributed by atoms with E-state index >= 15 is 0 Å². The molecule has 0 bridgehead atoms. The molecule has 3 rings (SSSR count). The predicted octanol–water partition coefficient (Wildman–Crippen LogP) is 3.77. The topological polar surface area (TPSA) is 77.5 Å². The Labute approximate surface area is 148 Å². The number of ketones is 1. The summed E-state index contributed by atoms with van der Waals surface area (Å²) < 4.78 is 11.4. The molecule has 0 spiro atoms. The SMILES string of the molecule is COc1ccc(OC)c2sc(NC(=O)c3ccc(C(C)=O)cc3)nc12. The number of nitrogens with one attached hydrogen (secondary N) is 1. The smallest absolute Gasteiger partial charge is 0.257 e. The molecule has 0 radical (unpaired) electrons. The number of Topliss-reactive ketones (excluding diaryl/α,β-unsaturated/α-hetero) is 1. The number of carbonyl (C=O) groups excluding carboxylic acids is 2. The Morgan fingerprint density at radius 1 is 0.960 bits per heavy atom. The number of methoxy groups -OCH3 is 2. The normalized spacial score (nSPS) is 10.5. The fraction of sp³-hybridized carbons (Fsp3) is 0.167. The Balaban J connectivity index is 1.89. The van der Waals surface area contributed by atoms with Crippen LogP contribution in [-0.2, 0) is 0 Å². The molecule has 0 aliphatic carbocycles. The van der Waals surface area contributed by atoms with Crippen LogP contribution in [0, 0.1) is 0 Å². The van der Waals surface area contributed by atoms with Crippen molar-refractivity contribution in [1.29, 1.82) is 0 Å². The highest BCUT2D eigenvalue weighted by Gasteiger charge is 2.16. The predicted molar refractivity (Wildman–Crippen MR) is 97.1 cm³/mol. The molecule has 0 aliphatic rings. The largest absolute Gasteiger partial charge is 0.495 e. The van der Waals surface area contributed by atoms with Crippen LogP contribution < -0.4 is 14.8 Å². The zero-order valence-corrected chi connectivity index (χ0v) is 14.8. The van der Waals surface area contributed by atoms with E-state index in [0.717, 1.165) is 4.70 Å². The van der Waals surface area contributed by atoms with Gasteiger partial charge in [-0.25, -0.2) is 4.98 Å². The molecule has 1 amide bonds. The van der Waals surface area contributed by atoms with Crippen molar-refractivity contribution < 1.29 is 19.1 Å². The lowest BCUT2D eigenvalue weighted by molar-refractivity contribution is 0.101. The van der Waals surface area contributed by atoms with Gasteiger partial charge in [-0.05, 0) is 31.2 Å². The Morgan fingerprint density at radius 3 is 2.16 bits per heavy atom. The summed E-state index contributed by atoms with van der Waals surface area (Å²) in [5, 5.41) is 3.21. The number of thiazole rings is 1. The van der Waals surface area contributed by atoms with E-state index in [-0.39, 0.29) is 11.7 Å². The number of nitrogens with zero attached hydrogens (tertiary/aromatic N) is 1. The fourth-order valence-electron chi connectivity index (χ4n) is 2.36. The highest BCUT2D eigenvalue weighted by atomic mass is 32.1. The fourth-order valence-corrected chi connectivity index (χ4v) is 3.33. The molecule has 1 aromatic heterocycles. The highest BCUT2D eigenvalue weighted by molar-refractivity contribution is 7.22. The molecule has 2 aromatic carbocycles. The van der Waals surface area contributed by atoms with Crippen molar-refractivity contribution in [3.05, 3.63) is 47.5 Å². The summed E-state index contributed by atoms with van der Waals surface area (Å²) >= 11 is 1.31. The van der Waals surface area contributed by atoms with Gasteiger partial charge in [0.25, 0.3) is 5.91 Å². The summed E-state index contributed by atoms with van der Waals surface area (Å²) in [5.74, 6) is 0.933. The van der Waals surface area contributed by atoms with E-state index in [9.17, 15) is 9.59 Å². The number of aromatic nitrogens is 1. The maximum Gasteiger partial charge on any atom is 0.257 e. The van der Waals surface area contributed by atoms with Crippen molar-refractivity contribution in [2.24, 2.45) is 0 Å². The second-order valence-electron chi connectivity index (χ2n) is 5.25. The van der Waals surface area contributed by atoms with E-state index in [1.165, 1.54) is 18.3 Å².